The molecule has 0 radical (unpaired) electrons. The second-order valence-electron chi connectivity index (χ2n) is 14.1. The van der Waals surface area contributed by atoms with E-state index in [4.69, 9.17) is 24.4 Å². The van der Waals surface area contributed by atoms with Crippen molar-refractivity contribution in [3.8, 4) is 11.5 Å². The van der Waals surface area contributed by atoms with Crippen LogP contribution in [0.1, 0.15) is 124 Å². The molecule has 0 aliphatic carbocycles. The van der Waals surface area contributed by atoms with E-state index in [-0.39, 0.29) is 23.7 Å². The van der Waals surface area contributed by atoms with Crippen molar-refractivity contribution in [1.29, 1.82) is 0 Å². The first-order valence-corrected chi connectivity index (χ1v) is 17.8. The van der Waals surface area contributed by atoms with Crippen LogP contribution in [0.25, 0.3) is 0 Å². The fourth-order valence-corrected chi connectivity index (χ4v) is 5.88. The average molecular weight is 666 g/mol. The molecule has 0 spiro atoms. The van der Waals surface area contributed by atoms with Gasteiger partial charge in [-0.05, 0) is 93.5 Å². The summed E-state index contributed by atoms with van der Waals surface area (Å²) in [4.78, 5) is 15.0. The minimum atomic E-state index is 0.270. The van der Waals surface area contributed by atoms with Gasteiger partial charge in [-0.2, -0.15) is 0 Å². The molecular formula is C45H51N3O2. The van der Waals surface area contributed by atoms with Crippen LogP contribution in [0.3, 0.4) is 0 Å². The summed E-state index contributed by atoms with van der Waals surface area (Å²) in [7, 11) is 0. The number of aromatic nitrogens is 1. The third kappa shape index (κ3) is 9.56. The maximum atomic E-state index is 6.27. The topological polar surface area (TPSA) is 56.1 Å². The smallest absolute Gasteiger partial charge is 0.120 e. The van der Waals surface area contributed by atoms with E-state index in [9.17, 15) is 0 Å². The maximum Gasteiger partial charge on any atom is 0.120 e. The molecule has 0 unspecified atom stereocenters. The minimum Gasteiger partial charge on any atom is -0.489 e. The van der Waals surface area contributed by atoms with Crippen molar-refractivity contribution >= 4 is 23.8 Å². The van der Waals surface area contributed by atoms with Crippen LogP contribution >= 0.6 is 0 Å². The van der Waals surface area contributed by atoms with Crippen LogP contribution in [0.5, 0.6) is 11.5 Å². The Morgan fingerprint density at radius 3 is 1.14 bits per heavy atom. The van der Waals surface area contributed by atoms with Gasteiger partial charge < -0.3 is 9.47 Å². The van der Waals surface area contributed by atoms with E-state index in [1.54, 1.807) is 0 Å². The molecule has 5 heteroatoms. The largest absolute Gasteiger partial charge is 0.489 e. The van der Waals surface area contributed by atoms with E-state index >= 15 is 0 Å². The highest BCUT2D eigenvalue weighted by Gasteiger charge is 2.18. The lowest BCUT2D eigenvalue weighted by molar-refractivity contribution is 0.305. The first-order chi connectivity index (χ1) is 24.1. The van der Waals surface area contributed by atoms with E-state index in [2.05, 4.69) is 104 Å². The highest BCUT2D eigenvalue weighted by molar-refractivity contribution is 5.85. The van der Waals surface area contributed by atoms with E-state index < -0.39 is 0 Å². The molecule has 0 aliphatic rings. The third-order valence-corrected chi connectivity index (χ3v) is 8.71. The summed E-state index contributed by atoms with van der Waals surface area (Å²) < 4.78 is 12.5. The van der Waals surface area contributed by atoms with Crippen LogP contribution < -0.4 is 9.47 Å². The molecule has 5 nitrogen and oxygen atoms in total. The average Bonchev–Trinajstić information content (AvgIpc) is 3.11. The molecule has 0 fully saturated rings. The molecule has 5 rings (SSSR count). The number of pyridine rings is 1. The molecule has 0 saturated heterocycles. The fraction of sp³-hybridized carbons (Fsp3) is 0.311. The van der Waals surface area contributed by atoms with Gasteiger partial charge in [0.1, 0.15) is 24.7 Å². The van der Waals surface area contributed by atoms with Crippen LogP contribution in [-0.2, 0) is 13.2 Å². The van der Waals surface area contributed by atoms with Crippen molar-refractivity contribution in [2.75, 3.05) is 0 Å². The van der Waals surface area contributed by atoms with Crippen LogP contribution in [0.4, 0.5) is 11.4 Å². The van der Waals surface area contributed by atoms with E-state index in [1.807, 2.05) is 67.0 Å². The molecule has 0 N–H and O–H groups in total. The quantitative estimate of drug-likeness (QED) is 0.111. The molecular weight excluding hydrogens is 615 g/mol. The van der Waals surface area contributed by atoms with E-state index in [1.165, 1.54) is 0 Å². The zero-order valence-corrected chi connectivity index (χ0v) is 30.9. The van der Waals surface area contributed by atoms with Gasteiger partial charge in [0.25, 0.3) is 0 Å². The van der Waals surface area contributed by atoms with Gasteiger partial charge >= 0.3 is 0 Å². The Hall–Kier alpha value is -5.03. The maximum absolute atomic E-state index is 6.27. The summed E-state index contributed by atoms with van der Waals surface area (Å²) in [6, 6.07) is 35.1. The zero-order chi connectivity index (χ0) is 35.6. The Morgan fingerprint density at radius 1 is 0.480 bits per heavy atom. The summed E-state index contributed by atoms with van der Waals surface area (Å²) >= 11 is 0. The molecule has 0 amide bonds. The Morgan fingerprint density at radius 2 is 0.820 bits per heavy atom. The second kappa shape index (κ2) is 17.1. The molecule has 258 valence electrons. The highest BCUT2D eigenvalue weighted by Crippen LogP contribution is 2.40. The van der Waals surface area contributed by atoms with Gasteiger partial charge in [0, 0.05) is 0 Å². The van der Waals surface area contributed by atoms with Crippen molar-refractivity contribution < 1.29 is 9.47 Å². The molecule has 0 bridgehead atoms. The normalized spacial score (nSPS) is 11.9. The van der Waals surface area contributed by atoms with Crippen molar-refractivity contribution in [3.63, 3.8) is 0 Å². The number of ether oxygens (including phenoxy) is 2. The van der Waals surface area contributed by atoms with Gasteiger partial charge in [0.15, 0.2) is 0 Å². The predicted octanol–water partition coefficient (Wildman–Crippen LogP) is 12.2. The number of hydrogen-bond donors (Lipinski definition) is 0. The molecule has 4 aromatic carbocycles. The lowest BCUT2D eigenvalue weighted by atomic mass is 9.92. The second-order valence-corrected chi connectivity index (χ2v) is 14.1. The molecule has 1 heterocycles. The van der Waals surface area contributed by atoms with Gasteiger partial charge in [-0.15, -0.1) is 0 Å². The number of rotatable bonds is 14. The van der Waals surface area contributed by atoms with Crippen LogP contribution in [0.15, 0.2) is 113 Å². The third-order valence-electron chi connectivity index (χ3n) is 8.71. The number of nitrogens with zero attached hydrogens (tertiary/aromatic N) is 3. The van der Waals surface area contributed by atoms with Crippen LogP contribution in [0, 0.1) is 0 Å². The van der Waals surface area contributed by atoms with Crippen LogP contribution in [0.2, 0.25) is 0 Å². The highest BCUT2D eigenvalue weighted by atomic mass is 16.5. The predicted molar refractivity (Wildman–Crippen MR) is 210 cm³/mol. The van der Waals surface area contributed by atoms with Gasteiger partial charge in [-0.1, -0.05) is 122 Å². The Kier molecular flexibility index (Phi) is 12.4. The number of hydrogen-bond acceptors (Lipinski definition) is 5. The first kappa shape index (κ1) is 36.3. The van der Waals surface area contributed by atoms with Crippen LogP contribution in [-0.4, -0.2) is 17.4 Å². The van der Waals surface area contributed by atoms with Crippen molar-refractivity contribution in [2.24, 2.45) is 9.98 Å². The molecule has 0 aliphatic heterocycles. The fourth-order valence-electron chi connectivity index (χ4n) is 5.88. The summed E-state index contributed by atoms with van der Waals surface area (Å²) in [5, 5.41) is 0. The van der Waals surface area contributed by atoms with Gasteiger partial charge in [0.05, 0.1) is 35.2 Å². The SMILES string of the molecule is CC(C)c1cc(OCc2ccccc2)cc(C(C)C)c1N=Cc1cccc(C=Nc2c(C(C)C)cc(OCc3ccccc3)cc2C(C)C)n1. The molecule has 1 aromatic heterocycles. The zero-order valence-electron chi connectivity index (χ0n) is 30.9. The minimum absolute atomic E-state index is 0.270. The molecule has 5 aromatic rings. The van der Waals surface area contributed by atoms with Crippen molar-refractivity contribution in [3.05, 3.63) is 148 Å². The lowest BCUT2D eigenvalue weighted by Crippen LogP contribution is -2.01. The van der Waals surface area contributed by atoms with Crippen molar-refractivity contribution in [2.45, 2.75) is 92.3 Å². The van der Waals surface area contributed by atoms with Gasteiger partial charge in [-0.3, -0.25) is 9.98 Å². The number of benzene rings is 4. The molecule has 50 heavy (non-hydrogen) atoms. The standard InChI is InChI=1S/C45H51N3O2/c1-30(2)40-22-38(49-28-34-16-11-9-12-17-34)23-41(31(3)4)44(40)46-26-36-20-15-21-37(48-36)27-47-45-42(32(5)6)24-39(25-43(45)33(7)8)50-29-35-18-13-10-14-19-35/h9-27,30-33H,28-29H2,1-8H3. The first-order valence-electron chi connectivity index (χ1n) is 17.8. The van der Waals surface area contributed by atoms with Gasteiger partial charge in [-0.25, -0.2) is 4.98 Å². The lowest BCUT2D eigenvalue weighted by Gasteiger charge is -2.19. The summed E-state index contributed by atoms with van der Waals surface area (Å²) in [6.07, 6.45) is 3.74. The Balaban J connectivity index is 1.41. The Bertz CT molecular complexity index is 1710. The summed E-state index contributed by atoms with van der Waals surface area (Å²) in [5.74, 6) is 2.82. The monoisotopic (exact) mass is 665 g/mol. The van der Waals surface area contributed by atoms with E-state index in [0.717, 1.165) is 67.6 Å². The Labute approximate surface area is 299 Å². The van der Waals surface area contributed by atoms with Gasteiger partial charge in [0.2, 0.25) is 0 Å². The summed E-state index contributed by atoms with van der Waals surface area (Å²) in [6.45, 7) is 18.7. The molecule has 0 saturated carbocycles. The van der Waals surface area contributed by atoms with Crippen molar-refractivity contribution in [1.82, 2.24) is 4.98 Å². The molecule has 0 atom stereocenters. The number of aliphatic imine (C=N–C) groups is 2. The summed E-state index contributed by atoms with van der Waals surface area (Å²) in [5.41, 5.74) is 10.5. The van der Waals surface area contributed by atoms with E-state index in [0.29, 0.717) is 13.2 Å².